The Bertz CT molecular complexity index is 870. The summed E-state index contributed by atoms with van der Waals surface area (Å²) >= 11 is 0. The molecular formula is C26H35NO7. The van der Waals surface area contributed by atoms with Crippen LogP contribution in [-0.2, 0) is 23.9 Å². The number of rotatable bonds is 6. The molecule has 2 amide bonds. The number of piperidine rings is 1. The molecule has 34 heavy (non-hydrogen) atoms. The van der Waals surface area contributed by atoms with E-state index in [0.29, 0.717) is 24.8 Å². The van der Waals surface area contributed by atoms with Gasteiger partial charge in [-0.1, -0.05) is 44.2 Å². The molecule has 0 saturated carbocycles. The van der Waals surface area contributed by atoms with Gasteiger partial charge in [0.1, 0.15) is 6.10 Å². The molecule has 0 radical (unpaired) electrons. The highest BCUT2D eigenvalue weighted by Gasteiger charge is 2.32. The van der Waals surface area contributed by atoms with Crippen molar-refractivity contribution >= 4 is 23.6 Å². The van der Waals surface area contributed by atoms with E-state index < -0.39 is 36.1 Å². The number of carbonyl (C=O) groups is 4. The molecule has 0 aliphatic carbocycles. The number of amides is 2. The average Bonchev–Trinajstić information content (AvgIpc) is 2.77. The van der Waals surface area contributed by atoms with Crippen molar-refractivity contribution in [3.8, 4) is 0 Å². The van der Waals surface area contributed by atoms with Gasteiger partial charge >= 0.3 is 5.97 Å². The summed E-state index contributed by atoms with van der Waals surface area (Å²) in [7, 11) is 0. The topological polar surface area (TPSA) is 130 Å². The van der Waals surface area contributed by atoms with Crippen LogP contribution in [0, 0.1) is 17.8 Å². The molecule has 0 bridgehead atoms. The van der Waals surface area contributed by atoms with E-state index in [9.17, 15) is 29.4 Å². The fourth-order valence-electron chi connectivity index (χ4n) is 4.11. The summed E-state index contributed by atoms with van der Waals surface area (Å²) in [6.45, 7) is 5.11. The highest BCUT2D eigenvalue weighted by molar-refractivity contribution is 5.97. The van der Waals surface area contributed by atoms with Gasteiger partial charge in [-0.2, -0.15) is 0 Å². The molecular weight excluding hydrogens is 438 g/mol. The van der Waals surface area contributed by atoms with Gasteiger partial charge in [0.05, 0.1) is 12.2 Å². The van der Waals surface area contributed by atoms with Crippen LogP contribution in [0.25, 0.3) is 0 Å². The number of ether oxygens (including phenoxy) is 1. The zero-order chi connectivity index (χ0) is 25.3. The normalized spacial score (nSPS) is 30.6. The van der Waals surface area contributed by atoms with Crippen molar-refractivity contribution in [3.63, 3.8) is 0 Å². The van der Waals surface area contributed by atoms with Crippen molar-refractivity contribution in [2.24, 2.45) is 17.8 Å². The third-order valence-corrected chi connectivity index (χ3v) is 6.09. The Kier molecular flexibility index (Phi) is 10.6. The van der Waals surface area contributed by atoms with Crippen LogP contribution < -0.4 is 5.32 Å². The second kappa shape index (κ2) is 13.2. The molecule has 2 aliphatic heterocycles. The van der Waals surface area contributed by atoms with E-state index in [1.54, 1.807) is 45.1 Å². The maximum absolute atomic E-state index is 12.6. The first kappa shape index (κ1) is 27.4. The van der Waals surface area contributed by atoms with E-state index in [-0.39, 0.29) is 36.4 Å². The summed E-state index contributed by atoms with van der Waals surface area (Å²) < 4.78 is 5.59. The lowest BCUT2D eigenvalue weighted by Gasteiger charge is -2.30. The fourth-order valence-corrected chi connectivity index (χ4v) is 4.11. The SMILES string of the molecule is C/C(=C\[C@H](C)C(=O)/C=C/CC1CC(=O)NC(=O)C1)C1OC(=O)/C=C/CC/C=C/[C@H](O)[C@@H](O)[C@@H]1C. The first-order chi connectivity index (χ1) is 16.1. The number of allylic oxidation sites excluding steroid dienone is 5. The number of aliphatic hydroxyl groups is 2. The minimum Gasteiger partial charge on any atom is -0.454 e. The van der Waals surface area contributed by atoms with Gasteiger partial charge in [-0.05, 0) is 43.8 Å². The standard InChI is InChI=1S/C26H35NO7/c1-16(20(28)11-8-9-19-14-22(30)27-23(31)15-19)13-17(2)26-18(3)25(33)21(29)10-6-4-5-7-12-24(32)34-26/h6-8,10-13,16,18-19,21,25-26,29,33H,4-5,9,14-15H2,1-3H3,(H,27,30,31)/b10-6+,11-8+,12-7+,17-13+/t16-,18-,21-,25-,26?/m0/s1. The van der Waals surface area contributed by atoms with Crippen molar-refractivity contribution in [1.29, 1.82) is 0 Å². The number of imide groups is 1. The van der Waals surface area contributed by atoms with Crippen molar-refractivity contribution < 1.29 is 34.1 Å². The van der Waals surface area contributed by atoms with Crippen LogP contribution in [0.3, 0.4) is 0 Å². The van der Waals surface area contributed by atoms with Gasteiger partial charge in [0.15, 0.2) is 5.78 Å². The van der Waals surface area contributed by atoms with Crippen LogP contribution in [0.2, 0.25) is 0 Å². The van der Waals surface area contributed by atoms with E-state index in [0.717, 1.165) is 0 Å². The lowest BCUT2D eigenvalue weighted by molar-refractivity contribution is -0.146. The number of aliphatic hydroxyl groups excluding tert-OH is 2. The summed E-state index contributed by atoms with van der Waals surface area (Å²) in [5.41, 5.74) is 0.588. The average molecular weight is 474 g/mol. The monoisotopic (exact) mass is 473 g/mol. The highest BCUT2D eigenvalue weighted by Crippen LogP contribution is 2.25. The fraction of sp³-hybridized carbons (Fsp3) is 0.538. The minimum atomic E-state index is -1.16. The van der Waals surface area contributed by atoms with E-state index in [1.807, 2.05) is 0 Å². The minimum absolute atomic E-state index is 0.121. The van der Waals surface area contributed by atoms with Gasteiger partial charge in [-0.25, -0.2) is 4.79 Å². The van der Waals surface area contributed by atoms with Gasteiger partial charge in [0.25, 0.3) is 0 Å². The van der Waals surface area contributed by atoms with E-state index >= 15 is 0 Å². The third kappa shape index (κ3) is 8.50. The molecule has 2 aliphatic rings. The Labute approximate surface area is 200 Å². The van der Waals surface area contributed by atoms with Gasteiger partial charge in [-0.3, -0.25) is 19.7 Å². The second-order valence-corrected chi connectivity index (χ2v) is 9.09. The number of carbonyl (C=O) groups excluding carboxylic acids is 4. The molecule has 8 heteroatoms. The molecule has 1 saturated heterocycles. The molecule has 2 rings (SSSR count). The van der Waals surface area contributed by atoms with Crippen LogP contribution >= 0.6 is 0 Å². The highest BCUT2D eigenvalue weighted by atomic mass is 16.5. The summed E-state index contributed by atoms with van der Waals surface area (Å²) in [5, 5.41) is 23.1. The van der Waals surface area contributed by atoms with Crippen LogP contribution in [-0.4, -0.2) is 52.1 Å². The lowest BCUT2D eigenvalue weighted by Crippen LogP contribution is -2.40. The molecule has 1 fully saturated rings. The molecule has 0 spiro atoms. The number of hydrogen-bond acceptors (Lipinski definition) is 7. The number of esters is 1. The maximum Gasteiger partial charge on any atom is 0.331 e. The Morgan fingerprint density at radius 1 is 1.18 bits per heavy atom. The molecule has 1 unspecified atom stereocenters. The predicted octanol–water partition coefficient (Wildman–Crippen LogP) is 2.31. The van der Waals surface area contributed by atoms with Crippen molar-refractivity contribution in [3.05, 3.63) is 48.1 Å². The molecule has 8 nitrogen and oxygen atoms in total. The van der Waals surface area contributed by atoms with Crippen LogP contribution in [0.5, 0.6) is 0 Å². The molecule has 0 aromatic heterocycles. The first-order valence-corrected chi connectivity index (χ1v) is 11.7. The summed E-state index contributed by atoms with van der Waals surface area (Å²) in [6, 6.07) is 0. The van der Waals surface area contributed by atoms with Crippen LogP contribution in [0.4, 0.5) is 0 Å². The number of hydrogen-bond donors (Lipinski definition) is 3. The molecule has 2 heterocycles. The number of ketones is 1. The second-order valence-electron chi connectivity index (χ2n) is 9.09. The number of cyclic esters (lactones) is 1. The Morgan fingerprint density at radius 2 is 1.82 bits per heavy atom. The first-order valence-electron chi connectivity index (χ1n) is 11.7. The van der Waals surface area contributed by atoms with E-state index in [2.05, 4.69) is 5.32 Å². The smallest absolute Gasteiger partial charge is 0.331 e. The summed E-state index contributed by atoms with van der Waals surface area (Å²) in [6.07, 6.45) is 10.2. The number of nitrogens with one attached hydrogen (secondary N) is 1. The maximum atomic E-state index is 12.6. The van der Waals surface area contributed by atoms with Gasteiger partial charge in [0.2, 0.25) is 11.8 Å². The third-order valence-electron chi connectivity index (χ3n) is 6.09. The van der Waals surface area contributed by atoms with Crippen LogP contribution in [0.1, 0.15) is 52.9 Å². The Hall–Kier alpha value is -2.84. The zero-order valence-electron chi connectivity index (χ0n) is 20.0. The Morgan fingerprint density at radius 3 is 2.50 bits per heavy atom. The largest absolute Gasteiger partial charge is 0.454 e. The molecule has 5 atom stereocenters. The molecule has 3 N–H and O–H groups in total. The van der Waals surface area contributed by atoms with E-state index in [4.69, 9.17) is 4.74 Å². The Balaban J connectivity index is 2.09. The molecule has 186 valence electrons. The van der Waals surface area contributed by atoms with Crippen molar-refractivity contribution in [2.75, 3.05) is 0 Å². The summed E-state index contributed by atoms with van der Waals surface area (Å²) in [4.78, 5) is 47.8. The summed E-state index contributed by atoms with van der Waals surface area (Å²) in [5.74, 6) is -2.61. The predicted molar refractivity (Wildman–Crippen MR) is 126 cm³/mol. The lowest BCUT2D eigenvalue weighted by atomic mass is 9.87. The zero-order valence-corrected chi connectivity index (χ0v) is 20.0. The van der Waals surface area contributed by atoms with Crippen molar-refractivity contribution in [1.82, 2.24) is 5.32 Å². The molecule has 0 aromatic carbocycles. The van der Waals surface area contributed by atoms with Gasteiger partial charge in [-0.15, -0.1) is 0 Å². The molecule has 0 aromatic rings. The van der Waals surface area contributed by atoms with Gasteiger partial charge < -0.3 is 14.9 Å². The van der Waals surface area contributed by atoms with Crippen molar-refractivity contribution in [2.45, 2.75) is 71.2 Å². The van der Waals surface area contributed by atoms with E-state index in [1.165, 1.54) is 18.2 Å². The van der Waals surface area contributed by atoms with Crippen LogP contribution in [0.15, 0.2) is 48.1 Å². The quantitative estimate of drug-likeness (QED) is 0.234. The van der Waals surface area contributed by atoms with Gasteiger partial charge in [0, 0.05) is 30.8 Å².